The lowest BCUT2D eigenvalue weighted by Gasteiger charge is -2.34. The molecule has 2 amide bonds. The van der Waals surface area contributed by atoms with E-state index in [1.165, 1.54) is 45.2 Å². The van der Waals surface area contributed by atoms with Gasteiger partial charge in [-0.15, -0.1) is 0 Å². The molecular formula is C20H35N3O2. The lowest BCUT2D eigenvalue weighted by atomic mass is 9.87. The molecule has 0 unspecified atom stereocenters. The summed E-state index contributed by atoms with van der Waals surface area (Å²) in [7, 11) is 0. The summed E-state index contributed by atoms with van der Waals surface area (Å²) in [6, 6.07) is 0. The van der Waals surface area contributed by atoms with E-state index in [0.29, 0.717) is 5.91 Å². The van der Waals surface area contributed by atoms with E-state index in [9.17, 15) is 9.59 Å². The second-order valence-corrected chi connectivity index (χ2v) is 8.13. The van der Waals surface area contributed by atoms with Gasteiger partial charge < -0.3 is 15.1 Å². The summed E-state index contributed by atoms with van der Waals surface area (Å²) >= 11 is 0. The second-order valence-electron chi connectivity index (χ2n) is 8.13. The van der Waals surface area contributed by atoms with Crippen molar-refractivity contribution in [3.05, 3.63) is 0 Å². The van der Waals surface area contributed by atoms with Gasteiger partial charge in [-0.2, -0.15) is 0 Å². The third-order valence-corrected chi connectivity index (χ3v) is 6.28. The van der Waals surface area contributed by atoms with Crippen LogP contribution < -0.4 is 5.32 Å². The Labute approximate surface area is 152 Å². The molecule has 5 nitrogen and oxygen atoms in total. The summed E-state index contributed by atoms with van der Waals surface area (Å²) in [6.07, 6.45) is 11.2. The summed E-state index contributed by atoms with van der Waals surface area (Å²) in [5.74, 6) is 0.905. The maximum absolute atomic E-state index is 12.6. The van der Waals surface area contributed by atoms with Crippen LogP contribution in [0.1, 0.15) is 64.2 Å². The van der Waals surface area contributed by atoms with Gasteiger partial charge in [0.2, 0.25) is 11.8 Å². The molecule has 2 saturated heterocycles. The van der Waals surface area contributed by atoms with E-state index in [2.05, 4.69) is 10.2 Å². The zero-order valence-electron chi connectivity index (χ0n) is 15.7. The smallest absolute Gasteiger partial charge is 0.225 e. The number of amides is 2. The minimum absolute atomic E-state index is 0.0993. The van der Waals surface area contributed by atoms with E-state index in [-0.39, 0.29) is 17.7 Å². The first kappa shape index (κ1) is 18.7. The normalized spacial score (nSPS) is 23.8. The Bertz CT molecular complexity index is 434. The summed E-state index contributed by atoms with van der Waals surface area (Å²) in [5.41, 5.74) is 0. The van der Waals surface area contributed by atoms with Gasteiger partial charge in [-0.3, -0.25) is 9.59 Å². The van der Waals surface area contributed by atoms with E-state index in [0.717, 1.165) is 58.3 Å². The molecule has 2 heterocycles. The van der Waals surface area contributed by atoms with E-state index in [4.69, 9.17) is 0 Å². The number of carbonyl (C=O) groups excluding carboxylic acids is 2. The zero-order chi connectivity index (χ0) is 17.5. The van der Waals surface area contributed by atoms with Crippen molar-refractivity contribution in [1.82, 2.24) is 15.1 Å². The van der Waals surface area contributed by atoms with Gasteiger partial charge in [-0.05, 0) is 64.6 Å². The Morgan fingerprint density at radius 2 is 1.48 bits per heavy atom. The third kappa shape index (κ3) is 5.44. The van der Waals surface area contributed by atoms with Gasteiger partial charge in [0.25, 0.3) is 0 Å². The van der Waals surface area contributed by atoms with E-state index < -0.39 is 0 Å². The number of carbonyl (C=O) groups is 2. The topological polar surface area (TPSA) is 52.7 Å². The highest BCUT2D eigenvalue weighted by atomic mass is 16.2. The van der Waals surface area contributed by atoms with Gasteiger partial charge in [0.15, 0.2) is 0 Å². The Morgan fingerprint density at radius 3 is 2.16 bits per heavy atom. The average Bonchev–Trinajstić information content (AvgIpc) is 3.19. The highest BCUT2D eigenvalue weighted by Crippen LogP contribution is 2.27. The van der Waals surface area contributed by atoms with Crippen LogP contribution >= 0.6 is 0 Å². The molecule has 0 aromatic carbocycles. The van der Waals surface area contributed by atoms with Crippen LogP contribution in [0.3, 0.4) is 0 Å². The Hall–Kier alpha value is -1.10. The largest absolute Gasteiger partial charge is 0.356 e. The molecule has 25 heavy (non-hydrogen) atoms. The quantitative estimate of drug-likeness (QED) is 0.749. The summed E-state index contributed by atoms with van der Waals surface area (Å²) < 4.78 is 0. The van der Waals surface area contributed by atoms with E-state index >= 15 is 0 Å². The van der Waals surface area contributed by atoms with Crippen LogP contribution in [0.4, 0.5) is 0 Å². The van der Waals surface area contributed by atoms with Crippen molar-refractivity contribution in [2.24, 2.45) is 11.8 Å². The maximum atomic E-state index is 12.6. The lowest BCUT2D eigenvalue weighted by Crippen LogP contribution is -2.45. The molecule has 1 N–H and O–H groups in total. The molecule has 3 rings (SSSR count). The standard InChI is InChI=1S/C20H35N3O2/c24-19(21-11-6-14-22-12-4-5-13-22)17-9-15-23(16-10-17)20(25)18-7-2-1-3-8-18/h17-18H,1-16H2,(H,21,24). The molecule has 0 radical (unpaired) electrons. The monoisotopic (exact) mass is 349 g/mol. The third-order valence-electron chi connectivity index (χ3n) is 6.28. The fraction of sp³-hybridized carbons (Fsp3) is 0.900. The van der Waals surface area contributed by atoms with Crippen molar-refractivity contribution >= 4 is 11.8 Å². The second kappa shape index (κ2) is 9.56. The first-order valence-corrected chi connectivity index (χ1v) is 10.5. The fourth-order valence-electron chi connectivity index (χ4n) is 4.63. The first-order chi connectivity index (χ1) is 12.2. The van der Waals surface area contributed by atoms with Crippen molar-refractivity contribution in [2.45, 2.75) is 64.2 Å². The number of nitrogens with zero attached hydrogens (tertiary/aromatic N) is 2. The van der Waals surface area contributed by atoms with Crippen molar-refractivity contribution in [1.29, 1.82) is 0 Å². The summed E-state index contributed by atoms with van der Waals surface area (Å²) in [5, 5.41) is 3.11. The minimum Gasteiger partial charge on any atom is -0.356 e. The minimum atomic E-state index is 0.0993. The molecule has 3 fully saturated rings. The van der Waals surface area contributed by atoms with Gasteiger partial charge in [0, 0.05) is 31.5 Å². The van der Waals surface area contributed by atoms with Crippen molar-refractivity contribution in [2.75, 3.05) is 39.3 Å². The van der Waals surface area contributed by atoms with Crippen molar-refractivity contribution in [3.8, 4) is 0 Å². The number of hydrogen-bond acceptors (Lipinski definition) is 3. The van der Waals surface area contributed by atoms with Crippen LogP contribution in [-0.4, -0.2) is 60.9 Å². The Balaban J connectivity index is 1.31. The van der Waals surface area contributed by atoms with Crippen LogP contribution in [0.5, 0.6) is 0 Å². The Kier molecular flexibility index (Phi) is 7.14. The predicted molar refractivity (Wildman–Crippen MR) is 99.2 cm³/mol. The summed E-state index contributed by atoms with van der Waals surface area (Å²) in [4.78, 5) is 29.4. The SMILES string of the molecule is O=C(NCCCN1CCCC1)C1CCN(C(=O)C2CCCCC2)CC1. The molecule has 3 aliphatic rings. The van der Waals surface area contributed by atoms with Crippen molar-refractivity contribution in [3.63, 3.8) is 0 Å². The van der Waals surface area contributed by atoms with Gasteiger partial charge in [-0.25, -0.2) is 0 Å². The van der Waals surface area contributed by atoms with Crippen molar-refractivity contribution < 1.29 is 9.59 Å². The van der Waals surface area contributed by atoms with E-state index in [1.54, 1.807) is 0 Å². The lowest BCUT2D eigenvalue weighted by molar-refractivity contribution is -0.140. The van der Waals surface area contributed by atoms with Crippen LogP contribution in [0, 0.1) is 11.8 Å². The number of rotatable bonds is 6. The molecule has 0 spiro atoms. The first-order valence-electron chi connectivity index (χ1n) is 10.5. The van der Waals surface area contributed by atoms with Gasteiger partial charge >= 0.3 is 0 Å². The van der Waals surface area contributed by atoms with Crippen LogP contribution in [0.15, 0.2) is 0 Å². The van der Waals surface area contributed by atoms with Gasteiger partial charge in [0.1, 0.15) is 0 Å². The molecule has 1 aliphatic carbocycles. The van der Waals surface area contributed by atoms with Crippen LogP contribution in [0.25, 0.3) is 0 Å². The van der Waals surface area contributed by atoms with E-state index in [1.807, 2.05) is 4.90 Å². The predicted octanol–water partition coefficient (Wildman–Crippen LogP) is 2.41. The Morgan fingerprint density at radius 1 is 0.800 bits per heavy atom. The number of likely N-dealkylation sites (tertiary alicyclic amines) is 2. The fourth-order valence-corrected chi connectivity index (χ4v) is 4.63. The molecule has 0 bridgehead atoms. The zero-order valence-corrected chi connectivity index (χ0v) is 15.7. The van der Waals surface area contributed by atoms with Gasteiger partial charge in [-0.1, -0.05) is 19.3 Å². The summed E-state index contributed by atoms with van der Waals surface area (Å²) in [6.45, 7) is 5.87. The molecule has 0 atom stereocenters. The highest BCUT2D eigenvalue weighted by molar-refractivity contribution is 5.81. The average molecular weight is 350 g/mol. The molecular weight excluding hydrogens is 314 g/mol. The molecule has 5 heteroatoms. The number of nitrogens with one attached hydrogen (secondary N) is 1. The van der Waals surface area contributed by atoms with Crippen LogP contribution in [0.2, 0.25) is 0 Å². The molecule has 0 aromatic heterocycles. The molecule has 1 saturated carbocycles. The molecule has 0 aromatic rings. The number of piperidine rings is 1. The molecule has 2 aliphatic heterocycles. The molecule has 142 valence electrons. The van der Waals surface area contributed by atoms with Gasteiger partial charge in [0.05, 0.1) is 0 Å². The highest BCUT2D eigenvalue weighted by Gasteiger charge is 2.31. The maximum Gasteiger partial charge on any atom is 0.225 e. The van der Waals surface area contributed by atoms with Crippen LogP contribution in [-0.2, 0) is 9.59 Å². The number of hydrogen-bond donors (Lipinski definition) is 1.